The zero-order chi connectivity index (χ0) is 10.8. The van der Waals surface area contributed by atoms with E-state index in [1.807, 2.05) is 0 Å². The number of rotatable bonds is 1. The van der Waals surface area contributed by atoms with Gasteiger partial charge in [-0.3, -0.25) is 19.5 Å². The molecule has 1 aromatic rings. The standard InChI is InChI=1S/C10H11N3O2/c1-7-10(15)13(6-9(14)12-7)8-3-2-4-11-5-8/h2-5,7H,6H2,1H3,(H,12,14). The maximum Gasteiger partial charge on any atom is 0.249 e. The third-order valence-electron chi connectivity index (χ3n) is 2.27. The number of amides is 2. The molecule has 78 valence electrons. The van der Waals surface area contributed by atoms with Crippen LogP contribution < -0.4 is 10.2 Å². The number of pyridine rings is 1. The third-order valence-corrected chi connectivity index (χ3v) is 2.27. The molecule has 1 saturated heterocycles. The van der Waals surface area contributed by atoms with Crippen LogP contribution in [-0.4, -0.2) is 29.4 Å². The highest BCUT2D eigenvalue weighted by atomic mass is 16.2. The molecule has 1 unspecified atom stereocenters. The van der Waals surface area contributed by atoms with E-state index in [4.69, 9.17) is 0 Å². The van der Waals surface area contributed by atoms with Crippen molar-refractivity contribution in [2.24, 2.45) is 0 Å². The van der Waals surface area contributed by atoms with E-state index in [0.717, 1.165) is 0 Å². The Morgan fingerprint density at radius 1 is 1.53 bits per heavy atom. The summed E-state index contributed by atoms with van der Waals surface area (Å²) < 4.78 is 0. The van der Waals surface area contributed by atoms with E-state index in [0.29, 0.717) is 5.69 Å². The minimum atomic E-state index is -0.466. The summed E-state index contributed by atoms with van der Waals surface area (Å²) in [5.41, 5.74) is 0.657. The van der Waals surface area contributed by atoms with Crippen molar-refractivity contribution in [1.82, 2.24) is 10.3 Å². The Hall–Kier alpha value is -1.91. The van der Waals surface area contributed by atoms with Gasteiger partial charge >= 0.3 is 0 Å². The number of carbonyl (C=O) groups is 2. The van der Waals surface area contributed by atoms with Crippen LogP contribution in [0.1, 0.15) is 6.92 Å². The predicted molar refractivity (Wildman–Crippen MR) is 54.2 cm³/mol. The van der Waals surface area contributed by atoms with Crippen LogP contribution in [0.4, 0.5) is 5.69 Å². The first-order valence-electron chi connectivity index (χ1n) is 4.69. The van der Waals surface area contributed by atoms with Gasteiger partial charge in [0.2, 0.25) is 11.8 Å². The van der Waals surface area contributed by atoms with Crippen molar-refractivity contribution in [3.63, 3.8) is 0 Å². The molecule has 2 heterocycles. The topological polar surface area (TPSA) is 62.3 Å². The number of aromatic nitrogens is 1. The molecular formula is C10H11N3O2. The van der Waals surface area contributed by atoms with E-state index in [1.165, 1.54) is 4.90 Å². The largest absolute Gasteiger partial charge is 0.343 e. The number of nitrogens with zero attached hydrogens (tertiary/aromatic N) is 2. The monoisotopic (exact) mass is 205 g/mol. The molecular weight excluding hydrogens is 194 g/mol. The van der Waals surface area contributed by atoms with E-state index >= 15 is 0 Å². The number of anilines is 1. The lowest BCUT2D eigenvalue weighted by molar-refractivity contribution is -0.130. The van der Waals surface area contributed by atoms with Crippen LogP contribution in [0, 0.1) is 0 Å². The van der Waals surface area contributed by atoms with Gasteiger partial charge < -0.3 is 5.32 Å². The van der Waals surface area contributed by atoms with Crippen LogP contribution in [0.25, 0.3) is 0 Å². The summed E-state index contributed by atoms with van der Waals surface area (Å²) >= 11 is 0. The van der Waals surface area contributed by atoms with Gasteiger partial charge in [0, 0.05) is 6.20 Å². The van der Waals surface area contributed by atoms with Gasteiger partial charge in [-0.25, -0.2) is 0 Å². The van der Waals surface area contributed by atoms with Crippen molar-refractivity contribution in [1.29, 1.82) is 0 Å². The molecule has 1 atom stereocenters. The van der Waals surface area contributed by atoms with Crippen LogP contribution in [0.5, 0.6) is 0 Å². The van der Waals surface area contributed by atoms with Crippen LogP contribution >= 0.6 is 0 Å². The first-order chi connectivity index (χ1) is 7.18. The number of carbonyl (C=O) groups excluding carboxylic acids is 2. The fraction of sp³-hybridized carbons (Fsp3) is 0.300. The van der Waals surface area contributed by atoms with E-state index in [9.17, 15) is 9.59 Å². The van der Waals surface area contributed by atoms with Gasteiger partial charge in [0.05, 0.1) is 11.9 Å². The van der Waals surface area contributed by atoms with Crippen molar-refractivity contribution in [3.8, 4) is 0 Å². The predicted octanol–water partition coefficient (Wildman–Crippen LogP) is -0.0671. The Bertz CT molecular complexity index is 391. The lowest BCUT2D eigenvalue weighted by atomic mass is 10.2. The molecule has 2 amide bonds. The summed E-state index contributed by atoms with van der Waals surface area (Å²) in [5.74, 6) is -0.256. The molecule has 1 fully saturated rings. The quantitative estimate of drug-likeness (QED) is 0.698. The van der Waals surface area contributed by atoms with Crippen LogP contribution in [0.2, 0.25) is 0 Å². The van der Waals surface area contributed by atoms with Gasteiger partial charge in [0.15, 0.2) is 0 Å². The van der Waals surface area contributed by atoms with Crippen molar-refractivity contribution >= 4 is 17.5 Å². The SMILES string of the molecule is CC1NC(=O)CN(c2cccnc2)C1=O. The molecule has 2 rings (SSSR count). The Labute approximate surface area is 87.1 Å². The third kappa shape index (κ3) is 1.81. The number of hydrogen-bond acceptors (Lipinski definition) is 3. The molecule has 0 aromatic carbocycles. The van der Waals surface area contributed by atoms with E-state index < -0.39 is 6.04 Å². The Morgan fingerprint density at radius 3 is 3.00 bits per heavy atom. The zero-order valence-corrected chi connectivity index (χ0v) is 8.30. The Balaban J connectivity index is 2.28. The van der Waals surface area contributed by atoms with Crippen molar-refractivity contribution in [2.45, 2.75) is 13.0 Å². The highest BCUT2D eigenvalue weighted by molar-refractivity contribution is 6.06. The fourth-order valence-electron chi connectivity index (χ4n) is 1.54. The van der Waals surface area contributed by atoms with Crippen LogP contribution in [0.15, 0.2) is 24.5 Å². The normalized spacial score (nSPS) is 21.4. The minimum absolute atomic E-state index is 0.0644. The van der Waals surface area contributed by atoms with Gasteiger partial charge in [0.25, 0.3) is 0 Å². The van der Waals surface area contributed by atoms with Gasteiger partial charge in [-0.2, -0.15) is 0 Å². The Morgan fingerprint density at radius 2 is 2.33 bits per heavy atom. The molecule has 5 heteroatoms. The fourth-order valence-corrected chi connectivity index (χ4v) is 1.54. The number of piperazine rings is 1. The summed E-state index contributed by atoms with van der Waals surface area (Å²) in [5, 5.41) is 2.58. The summed E-state index contributed by atoms with van der Waals surface area (Å²) in [4.78, 5) is 28.4. The molecule has 1 N–H and O–H groups in total. The van der Waals surface area contributed by atoms with E-state index in [-0.39, 0.29) is 18.4 Å². The average molecular weight is 205 g/mol. The van der Waals surface area contributed by atoms with Crippen molar-refractivity contribution < 1.29 is 9.59 Å². The minimum Gasteiger partial charge on any atom is -0.343 e. The number of nitrogens with one attached hydrogen (secondary N) is 1. The van der Waals surface area contributed by atoms with Gasteiger partial charge in [0.1, 0.15) is 12.6 Å². The van der Waals surface area contributed by atoms with Crippen molar-refractivity contribution in [3.05, 3.63) is 24.5 Å². The molecule has 1 aromatic heterocycles. The summed E-state index contributed by atoms with van der Waals surface area (Å²) in [6, 6.07) is 3.03. The van der Waals surface area contributed by atoms with Crippen molar-refractivity contribution in [2.75, 3.05) is 11.4 Å². The smallest absolute Gasteiger partial charge is 0.249 e. The molecule has 1 aliphatic rings. The molecule has 0 bridgehead atoms. The second-order valence-electron chi connectivity index (χ2n) is 3.42. The molecule has 1 aliphatic heterocycles. The maximum absolute atomic E-state index is 11.8. The zero-order valence-electron chi connectivity index (χ0n) is 8.30. The lowest BCUT2D eigenvalue weighted by Gasteiger charge is -2.30. The van der Waals surface area contributed by atoms with E-state index in [1.54, 1.807) is 31.5 Å². The Kier molecular flexibility index (Phi) is 2.37. The summed E-state index contributed by atoms with van der Waals surface area (Å²) in [7, 11) is 0. The van der Waals surface area contributed by atoms with Gasteiger partial charge in [-0.1, -0.05) is 0 Å². The second-order valence-corrected chi connectivity index (χ2v) is 3.42. The molecule has 0 saturated carbocycles. The molecule has 0 aliphatic carbocycles. The first kappa shape index (κ1) is 9.64. The summed E-state index contributed by atoms with van der Waals surface area (Å²) in [6.45, 7) is 1.73. The first-order valence-corrected chi connectivity index (χ1v) is 4.69. The second kappa shape index (κ2) is 3.68. The van der Waals surface area contributed by atoms with E-state index in [2.05, 4.69) is 10.3 Å². The highest BCUT2D eigenvalue weighted by Gasteiger charge is 2.30. The lowest BCUT2D eigenvalue weighted by Crippen LogP contribution is -2.57. The van der Waals surface area contributed by atoms with Crippen LogP contribution in [0.3, 0.4) is 0 Å². The average Bonchev–Trinajstić information content (AvgIpc) is 2.24. The van der Waals surface area contributed by atoms with Crippen LogP contribution in [-0.2, 0) is 9.59 Å². The molecule has 0 spiro atoms. The van der Waals surface area contributed by atoms with Gasteiger partial charge in [-0.15, -0.1) is 0 Å². The van der Waals surface area contributed by atoms with Gasteiger partial charge in [-0.05, 0) is 19.1 Å². The maximum atomic E-state index is 11.8. The molecule has 15 heavy (non-hydrogen) atoms. The number of hydrogen-bond donors (Lipinski definition) is 1. The molecule has 0 radical (unpaired) electrons. The molecule has 5 nitrogen and oxygen atoms in total. The highest BCUT2D eigenvalue weighted by Crippen LogP contribution is 2.14. The summed E-state index contributed by atoms with van der Waals surface area (Å²) in [6.07, 6.45) is 3.20.